The standard InChI is InChI=1S/C23H20N2O2/c1-16-22(19-10-4-3-5-11-19)24-25(23(16)27-17(2)26)15-20-13-8-12-18-9-6-7-14-21(18)20/h3-14H,15H2,1-2H3. The quantitative estimate of drug-likeness (QED) is 0.484. The average molecular weight is 356 g/mol. The van der Waals surface area contributed by atoms with Crippen molar-refractivity contribution in [2.24, 2.45) is 0 Å². The number of rotatable bonds is 4. The molecule has 4 rings (SSSR count). The third-order valence-electron chi connectivity index (χ3n) is 4.62. The first-order valence-corrected chi connectivity index (χ1v) is 8.91. The first-order chi connectivity index (χ1) is 13.1. The van der Waals surface area contributed by atoms with Crippen molar-refractivity contribution in [3.05, 3.63) is 83.9 Å². The summed E-state index contributed by atoms with van der Waals surface area (Å²) in [4.78, 5) is 11.7. The lowest BCUT2D eigenvalue weighted by molar-refractivity contribution is -0.132. The van der Waals surface area contributed by atoms with Gasteiger partial charge in [0, 0.05) is 18.1 Å². The summed E-state index contributed by atoms with van der Waals surface area (Å²) in [6.45, 7) is 3.88. The minimum absolute atomic E-state index is 0.350. The Balaban J connectivity index is 1.82. The van der Waals surface area contributed by atoms with Gasteiger partial charge in [0.1, 0.15) is 0 Å². The molecule has 1 heterocycles. The van der Waals surface area contributed by atoms with Crippen LogP contribution in [0.15, 0.2) is 72.8 Å². The largest absolute Gasteiger partial charge is 0.408 e. The van der Waals surface area contributed by atoms with Crippen molar-refractivity contribution in [3.63, 3.8) is 0 Å². The van der Waals surface area contributed by atoms with Gasteiger partial charge in [-0.05, 0) is 23.3 Å². The second-order valence-electron chi connectivity index (χ2n) is 6.53. The summed E-state index contributed by atoms with van der Waals surface area (Å²) in [5.41, 5.74) is 3.81. The lowest BCUT2D eigenvalue weighted by Crippen LogP contribution is -2.10. The number of hydrogen-bond donors (Lipinski definition) is 0. The van der Waals surface area contributed by atoms with E-state index in [-0.39, 0.29) is 5.97 Å². The number of nitrogens with zero attached hydrogens (tertiary/aromatic N) is 2. The molecule has 0 amide bonds. The molecular formula is C23H20N2O2. The highest BCUT2D eigenvalue weighted by molar-refractivity contribution is 5.85. The molecule has 0 N–H and O–H groups in total. The Kier molecular flexibility index (Phi) is 4.47. The van der Waals surface area contributed by atoms with E-state index in [0.717, 1.165) is 22.4 Å². The van der Waals surface area contributed by atoms with Crippen molar-refractivity contribution in [2.75, 3.05) is 0 Å². The van der Waals surface area contributed by atoms with E-state index >= 15 is 0 Å². The second kappa shape index (κ2) is 7.08. The highest BCUT2D eigenvalue weighted by atomic mass is 16.5. The first-order valence-electron chi connectivity index (χ1n) is 8.91. The summed E-state index contributed by atoms with van der Waals surface area (Å²) < 4.78 is 7.30. The molecule has 4 aromatic rings. The fraction of sp³-hybridized carbons (Fsp3) is 0.130. The molecule has 4 heteroatoms. The molecule has 134 valence electrons. The molecule has 0 fully saturated rings. The van der Waals surface area contributed by atoms with Crippen LogP contribution < -0.4 is 4.74 Å². The molecule has 0 bridgehead atoms. The molecule has 27 heavy (non-hydrogen) atoms. The molecular weight excluding hydrogens is 336 g/mol. The monoisotopic (exact) mass is 356 g/mol. The van der Waals surface area contributed by atoms with Gasteiger partial charge in [0.15, 0.2) is 0 Å². The normalized spacial score (nSPS) is 10.9. The van der Waals surface area contributed by atoms with Gasteiger partial charge in [0.05, 0.1) is 12.2 Å². The minimum Gasteiger partial charge on any atom is -0.408 e. The summed E-state index contributed by atoms with van der Waals surface area (Å²) in [6.07, 6.45) is 0. The van der Waals surface area contributed by atoms with Crippen molar-refractivity contribution in [1.82, 2.24) is 9.78 Å². The molecule has 3 aromatic carbocycles. The van der Waals surface area contributed by atoms with E-state index in [1.54, 1.807) is 4.68 Å². The maximum atomic E-state index is 11.7. The Labute approximate surface area is 158 Å². The van der Waals surface area contributed by atoms with Gasteiger partial charge in [-0.15, -0.1) is 0 Å². The van der Waals surface area contributed by atoms with Crippen molar-refractivity contribution in [3.8, 4) is 17.1 Å². The molecule has 0 aliphatic rings. The fourth-order valence-electron chi connectivity index (χ4n) is 3.37. The smallest absolute Gasteiger partial charge is 0.309 e. The zero-order valence-electron chi connectivity index (χ0n) is 15.3. The first kappa shape index (κ1) is 17.0. The SMILES string of the molecule is CC(=O)Oc1c(C)c(-c2ccccc2)nn1Cc1cccc2ccccc12. The second-order valence-corrected chi connectivity index (χ2v) is 6.53. The lowest BCUT2D eigenvalue weighted by atomic mass is 10.0. The number of carbonyl (C=O) groups excluding carboxylic acids is 1. The van der Waals surface area contributed by atoms with Crippen LogP contribution in [0.4, 0.5) is 0 Å². The van der Waals surface area contributed by atoms with Crippen molar-refractivity contribution in [2.45, 2.75) is 20.4 Å². The third-order valence-corrected chi connectivity index (χ3v) is 4.62. The molecule has 0 unspecified atom stereocenters. The number of esters is 1. The number of benzene rings is 3. The summed E-state index contributed by atoms with van der Waals surface area (Å²) in [7, 11) is 0. The summed E-state index contributed by atoms with van der Waals surface area (Å²) in [5, 5.41) is 7.12. The van der Waals surface area contributed by atoms with E-state index in [2.05, 4.69) is 24.3 Å². The zero-order valence-corrected chi connectivity index (χ0v) is 15.3. The van der Waals surface area contributed by atoms with Gasteiger partial charge < -0.3 is 4.74 Å². The lowest BCUT2D eigenvalue weighted by Gasteiger charge is -2.10. The highest BCUT2D eigenvalue weighted by Gasteiger charge is 2.19. The Morgan fingerprint density at radius 1 is 0.963 bits per heavy atom. The van der Waals surface area contributed by atoms with E-state index in [1.165, 1.54) is 17.7 Å². The Morgan fingerprint density at radius 2 is 1.67 bits per heavy atom. The molecule has 0 saturated heterocycles. The number of carbonyl (C=O) groups is 1. The van der Waals surface area contributed by atoms with Crippen molar-refractivity contribution >= 4 is 16.7 Å². The number of fused-ring (bicyclic) bond motifs is 1. The number of ether oxygens (including phenoxy) is 1. The molecule has 1 aromatic heterocycles. The Hall–Kier alpha value is -3.40. The van der Waals surface area contributed by atoms with Gasteiger partial charge in [-0.3, -0.25) is 4.79 Å². The average Bonchev–Trinajstić information content (AvgIpc) is 2.98. The topological polar surface area (TPSA) is 44.1 Å². The van der Waals surface area contributed by atoms with Gasteiger partial charge >= 0.3 is 5.97 Å². The van der Waals surface area contributed by atoms with E-state index in [1.807, 2.05) is 55.5 Å². The molecule has 4 nitrogen and oxygen atoms in total. The van der Waals surface area contributed by atoms with Crippen LogP contribution in [0.2, 0.25) is 0 Å². The van der Waals surface area contributed by atoms with Crippen LogP contribution in [-0.4, -0.2) is 15.7 Å². The molecule has 0 atom stereocenters. The Morgan fingerprint density at radius 3 is 2.44 bits per heavy atom. The Bertz CT molecular complexity index is 1110. The van der Waals surface area contributed by atoms with Crippen LogP contribution in [-0.2, 0) is 11.3 Å². The minimum atomic E-state index is -0.350. The van der Waals surface area contributed by atoms with Gasteiger partial charge in [0.2, 0.25) is 5.88 Å². The van der Waals surface area contributed by atoms with Crippen LogP contribution in [0.1, 0.15) is 18.1 Å². The zero-order chi connectivity index (χ0) is 18.8. The van der Waals surface area contributed by atoms with Crippen molar-refractivity contribution < 1.29 is 9.53 Å². The van der Waals surface area contributed by atoms with E-state index < -0.39 is 0 Å². The van der Waals surface area contributed by atoms with E-state index in [0.29, 0.717) is 12.4 Å². The number of hydrogen-bond acceptors (Lipinski definition) is 3. The van der Waals surface area contributed by atoms with Crippen LogP contribution in [0, 0.1) is 6.92 Å². The summed E-state index contributed by atoms with van der Waals surface area (Å²) in [6, 6.07) is 24.4. The predicted molar refractivity (Wildman–Crippen MR) is 107 cm³/mol. The van der Waals surface area contributed by atoms with Crippen molar-refractivity contribution in [1.29, 1.82) is 0 Å². The molecule has 0 aliphatic heterocycles. The molecule has 0 spiro atoms. The van der Waals surface area contributed by atoms with Gasteiger partial charge in [-0.25, -0.2) is 4.68 Å². The number of aromatic nitrogens is 2. The van der Waals surface area contributed by atoms with Gasteiger partial charge in [-0.1, -0.05) is 72.8 Å². The van der Waals surface area contributed by atoms with Gasteiger partial charge in [0.25, 0.3) is 0 Å². The summed E-state index contributed by atoms with van der Waals surface area (Å²) in [5.74, 6) is 0.145. The van der Waals surface area contributed by atoms with E-state index in [9.17, 15) is 4.79 Å². The third kappa shape index (κ3) is 3.34. The van der Waals surface area contributed by atoms with Crippen LogP contribution >= 0.6 is 0 Å². The maximum absolute atomic E-state index is 11.7. The fourth-order valence-corrected chi connectivity index (χ4v) is 3.37. The van der Waals surface area contributed by atoms with Crippen LogP contribution in [0.5, 0.6) is 5.88 Å². The predicted octanol–water partition coefficient (Wildman–Crippen LogP) is 4.99. The van der Waals surface area contributed by atoms with Crippen LogP contribution in [0.25, 0.3) is 22.0 Å². The molecule has 0 aliphatic carbocycles. The highest BCUT2D eigenvalue weighted by Crippen LogP contribution is 2.31. The molecule has 0 saturated carbocycles. The van der Waals surface area contributed by atoms with E-state index in [4.69, 9.17) is 9.84 Å². The van der Waals surface area contributed by atoms with Gasteiger partial charge in [-0.2, -0.15) is 5.10 Å². The van der Waals surface area contributed by atoms with Crippen LogP contribution in [0.3, 0.4) is 0 Å². The maximum Gasteiger partial charge on any atom is 0.309 e. The molecule has 0 radical (unpaired) electrons. The summed E-state index contributed by atoms with van der Waals surface area (Å²) >= 11 is 0.